The van der Waals surface area contributed by atoms with E-state index in [1.165, 1.54) is 0 Å². The van der Waals surface area contributed by atoms with E-state index in [1.807, 2.05) is 30.5 Å². The molecule has 0 radical (unpaired) electrons. The van der Waals surface area contributed by atoms with Gasteiger partial charge < -0.3 is 9.64 Å². The number of ether oxygens (including phenoxy) is 1. The third-order valence-corrected chi connectivity index (χ3v) is 3.06. The van der Waals surface area contributed by atoms with Gasteiger partial charge in [0.25, 0.3) is 0 Å². The molecule has 1 heterocycles. The van der Waals surface area contributed by atoms with Crippen LogP contribution in [-0.2, 0) is 0 Å². The molecule has 0 saturated carbocycles. The SMILES string of the molecule is COc1cccc(/C=N\N2CC[NH+](C)CC2)c1. The minimum atomic E-state index is 0.872. The standard InChI is InChI=1S/C13H19N3O/c1-15-6-8-16(9-7-15)14-11-12-4-3-5-13(10-12)17-2/h3-5,10-11H,6-9H2,1-2H3/p+1/b14-11-. The summed E-state index contributed by atoms with van der Waals surface area (Å²) in [7, 11) is 3.91. The Morgan fingerprint density at radius 2 is 2.12 bits per heavy atom. The lowest BCUT2D eigenvalue weighted by Crippen LogP contribution is -3.11. The van der Waals surface area contributed by atoms with Crippen molar-refractivity contribution in [3.63, 3.8) is 0 Å². The number of quaternary nitrogens is 1. The summed E-state index contributed by atoms with van der Waals surface area (Å²) < 4.78 is 5.18. The van der Waals surface area contributed by atoms with Crippen LogP contribution in [0.15, 0.2) is 29.4 Å². The van der Waals surface area contributed by atoms with Crippen molar-refractivity contribution >= 4 is 6.21 Å². The molecule has 0 spiro atoms. The lowest BCUT2D eigenvalue weighted by Gasteiger charge is -2.27. The molecule has 1 fully saturated rings. The highest BCUT2D eigenvalue weighted by Crippen LogP contribution is 2.10. The average molecular weight is 234 g/mol. The minimum absolute atomic E-state index is 0.872. The Kier molecular flexibility index (Phi) is 3.98. The normalized spacial score (nSPS) is 17.6. The van der Waals surface area contributed by atoms with E-state index in [9.17, 15) is 0 Å². The van der Waals surface area contributed by atoms with E-state index in [0.29, 0.717) is 0 Å². The van der Waals surface area contributed by atoms with E-state index in [0.717, 1.165) is 37.5 Å². The van der Waals surface area contributed by atoms with Gasteiger partial charge in [-0.1, -0.05) is 12.1 Å². The molecule has 0 aliphatic carbocycles. The third kappa shape index (κ3) is 3.46. The Morgan fingerprint density at radius 1 is 1.35 bits per heavy atom. The van der Waals surface area contributed by atoms with Crippen LogP contribution in [0.25, 0.3) is 0 Å². The summed E-state index contributed by atoms with van der Waals surface area (Å²) >= 11 is 0. The minimum Gasteiger partial charge on any atom is -0.497 e. The lowest BCUT2D eigenvalue weighted by atomic mass is 10.2. The predicted molar refractivity (Wildman–Crippen MR) is 68.8 cm³/mol. The molecule has 17 heavy (non-hydrogen) atoms. The van der Waals surface area contributed by atoms with Crippen molar-refractivity contribution in [3.05, 3.63) is 29.8 Å². The van der Waals surface area contributed by atoms with Gasteiger partial charge in [0, 0.05) is 0 Å². The zero-order valence-electron chi connectivity index (χ0n) is 10.5. The van der Waals surface area contributed by atoms with Gasteiger partial charge in [0.1, 0.15) is 5.75 Å². The second-order valence-electron chi connectivity index (χ2n) is 4.43. The van der Waals surface area contributed by atoms with Crippen LogP contribution in [0.3, 0.4) is 0 Å². The summed E-state index contributed by atoms with van der Waals surface area (Å²) in [5, 5.41) is 6.63. The van der Waals surface area contributed by atoms with Gasteiger partial charge in [0.2, 0.25) is 0 Å². The van der Waals surface area contributed by atoms with Crippen LogP contribution in [0.1, 0.15) is 5.56 Å². The van der Waals surface area contributed by atoms with Crippen LogP contribution in [0, 0.1) is 0 Å². The number of hydrazone groups is 1. The van der Waals surface area contributed by atoms with Crippen molar-refractivity contribution in [1.82, 2.24) is 5.01 Å². The van der Waals surface area contributed by atoms with E-state index >= 15 is 0 Å². The topological polar surface area (TPSA) is 29.3 Å². The van der Waals surface area contributed by atoms with Crippen molar-refractivity contribution in [2.75, 3.05) is 40.3 Å². The maximum atomic E-state index is 5.18. The first kappa shape index (κ1) is 11.9. The second-order valence-corrected chi connectivity index (χ2v) is 4.43. The Labute approximate surface area is 102 Å². The summed E-state index contributed by atoms with van der Waals surface area (Å²) in [4.78, 5) is 1.58. The van der Waals surface area contributed by atoms with E-state index in [4.69, 9.17) is 4.74 Å². The third-order valence-electron chi connectivity index (χ3n) is 3.06. The first-order valence-corrected chi connectivity index (χ1v) is 6.02. The van der Waals surface area contributed by atoms with Crippen LogP contribution in [-0.4, -0.2) is 51.6 Å². The van der Waals surface area contributed by atoms with E-state index < -0.39 is 0 Å². The van der Waals surface area contributed by atoms with Crippen molar-refractivity contribution < 1.29 is 9.64 Å². The second kappa shape index (κ2) is 5.68. The molecule has 1 N–H and O–H groups in total. The molecule has 1 saturated heterocycles. The highest BCUT2D eigenvalue weighted by atomic mass is 16.5. The van der Waals surface area contributed by atoms with E-state index in [2.05, 4.69) is 17.2 Å². The summed E-state index contributed by atoms with van der Waals surface area (Å²) in [5.74, 6) is 0.872. The molecular formula is C13H20N3O+. The summed E-state index contributed by atoms with van der Waals surface area (Å²) in [5.41, 5.74) is 1.08. The molecule has 1 aliphatic heterocycles. The van der Waals surface area contributed by atoms with Crippen molar-refractivity contribution in [3.8, 4) is 5.75 Å². The molecule has 0 bridgehead atoms. The number of methoxy groups -OCH3 is 1. The maximum absolute atomic E-state index is 5.18. The molecule has 2 rings (SSSR count). The highest BCUT2D eigenvalue weighted by molar-refractivity contribution is 5.79. The van der Waals surface area contributed by atoms with Gasteiger partial charge in [0.05, 0.1) is 46.6 Å². The number of likely N-dealkylation sites (N-methyl/N-ethyl adjacent to an activating group) is 1. The number of piperazine rings is 1. The number of rotatable bonds is 3. The molecule has 0 aromatic heterocycles. The number of nitrogens with zero attached hydrogens (tertiary/aromatic N) is 2. The zero-order chi connectivity index (χ0) is 12.1. The van der Waals surface area contributed by atoms with Gasteiger partial charge in [-0.15, -0.1) is 0 Å². The maximum Gasteiger partial charge on any atom is 0.119 e. The van der Waals surface area contributed by atoms with Gasteiger partial charge in [-0.05, 0) is 17.7 Å². The molecule has 1 aromatic rings. The molecular weight excluding hydrogens is 214 g/mol. The number of benzene rings is 1. The fraction of sp³-hybridized carbons (Fsp3) is 0.462. The molecule has 1 aliphatic rings. The number of hydrogen-bond donors (Lipinski definition) is 1. The first-order chi connectivity index (χ1) is 8.28. The summed E-state index contributed by atoms with van der Waals surface area (Å²) in [6, 6.07) is 7.95. The Bertz CT molecular complexity index is 384. The Hall–Kier alpha value is -1.55. The predicted octanol–water partition coefficient (Wildman–Crippen LogP) is -0.141. The fourth-order valence-corrected chi connectivity index (χ4v) is 1.86. The number of nitrogens with one attached hydrogen (secondary N) is 1. The van der Waals surface area contributed by atoms with E-state index in [1.54, 1.807) is 12.0 Å². The molecule has 1 aromatic carbocycles. The van der Waals surface area contributed by atoms with Gasteiger partial charge in [-0.25, -0.2) is 0 Å². The van der Waals surface area contributed by atoms with Crippen LogP contribution < -0.4 is 9.64 Å². The largest absolute Gasteiger partial charge is 0.497 e. The smallest absolute Gasteiger partial charge is 0.119 e. The zero-order valence-corrected chi connectivity index (χ0v) is 10.5. The summed E-state index contributed by atoms with van der Waals surface area (Å²) in [6.45, 7) is 4.39. The van der Waals surface area contributed by atoms with Crippen LogP contribution in [0.4, 0.5) is 0 Å². The molecule has 0 atom stereocenters. The van der Waals surface area contributed by atoms with Gasteiger partial charge in [-0.2, -0.15) is 5.10 Å². The van der Waals surface area contributed by atoms with Gasteiger partial charge in [0.15, 0.2) is 0 Å². The number of hydrogen-bond acceptors (Lipinski definition) is 3. The van der Waals surface area contributed by atoms with Gasteiger partial charge >= 0.3 is 0 Å². The first-order valence-electron chi connectivity index (χ1n) is 6.02. The van der Waals surface area contributed by atoms with Gasteiger partial charge in [-0.3, -0.25) is 5.01 Å². The van der Waals surface area contributed by atoms with Crippen molar-refractivity contribution in [1.29, 1.82) is 0 Å². The monoisotopic (exact) mass is 234 g/mol. The summed E-state index contributed by atoms with van der Waals surface area (Å²) in [6.07, 6.45) is 1.91. The highest BCUT2D eigenvalue weighted by Gasteiger charge is 2.13. The van der Waals surface area contributed by atoms with Crippen LogP contribution in [0.5, 0.6) is 5.75 Å². The molecule has 4 nitrogen and oxygen atoms in total. The molecule has 92 valence electrons. The van der Waals surface area contributed by atoms with Crippen LogP contribution in [0.2, 0.25) is 0 Å². The molecule has 4 heteroatoms. The average Bonchev–Trinajstić information content (AvgIpc) is 2.38. The Morgan fingerprint density at radius 3 is 2.82 bits per heavy atom. The fourth-order valence-electron chi connectivity index (χ4n) is 1.86. The van der Waals surface area contributed by atoms with Crippen LogP contribution >= 0.6 is 0 Å². The van der Waals surface area contributed by atoms with Crippen molar-refractivity contribution in [2.45, 2.75) is 0 Å². The van der Waals surface area contributed by atoms with Crippen molar-refractivity contribution in [2.24, 2.45) is 5.10 Å². The molecule has 0 unspecified atom stereocenters. The van der Waals surface area contributed by atoms with E-state index in [-0.39, 0.29) is 0 Å². The Balaban J connectivity index is 1.95. The lowest BCUT2D eigenvalue weighted by molar-refractivity contribution is -0.884. The molecule has 0 amide bonds. The quantitative estimate of drug-likeness (QED) is 0.738.